The number of hydrogen-bond donors (Lipinski definition) is 0. The van der Waals surface area contributed by atoms with Crippen molar-refractivity contribution in [3.63, 3.8) is 0 Å². The summed E-state index contributed by atoms with van der Waals surface area (Å²) >= 11 is 0. The molecule has 0 spiro atoms. The van der Waals surface area contributed by atoms with E-state index in [2.05, 4.69) is 10.2 Å². The van der Waals surface area contributed by atoms with Crippen molar-refractivity contribution in [1.29, 1.82) is 0 Å². The minimum atomic E-state index is -3.73. The Labute approximate surface area is 174 Å². The first kappa shape index (κ1) is 20.5. The molecule has 0 bridgehead atoms. The van der Waals surface area contributed by atoms with E-state index >= 15 is 0 Å². The molecule has 0 radical (unpaired) electrons. The van der Waals surface area contributed by atoms with Crippen molar-refractivity contribution >= 4 is 10.0 Å². The van der Waals surface area contributed by atoms with E-state index in [4.69, 9.17) is 9.15 Å². The number of rotatable bonds is 6. The van der Waals surface area contributed by atoms with Crippen molar-refractivity contribution in [3.05, 3.63) is 60.2 Å². The quantitative estimate of drug-likeness (QED) is 0.589. The van der Waals surface area contributed by atoms with Crippen LogP contribution in [0.4, 0.5) is 4.39 Å². The van der Waals surface area contributed by atoms with Crippen LogP contribution in [0.25, 0.3) is 11.5 Å². The maximum absolute atomic E-state index is 13.3. The fourth-order valence-electron chi connectivity index (χ4n) is 3.55. The first-order valence-corrected chi connectivity index (χ1v) is 11.2. The van der Waals surface area contributed by atoms with Gasteiger partial charge in [0, 0.05) is 18.7 Å². The molecule has 1 fully saturated rings. The highest BCUT2D eigenvalue weighted by molar-refractivity contribution is 7.89. The highest BCUT2D eigenvalue weighted by atomic mass is 32.2. The number of sulfonamides is 1. The Morgan fingerprint density at radius 3 is 2.70 bits per heavy atom. The molecule has 4 rings (SSSR count). The van der Waals surface area contributed by atoms with Crippen LogP contribution < -0.4 is 4.74 Å². The van der Waals surface area contributed by atoms with Crippen LogP contribution in [-0.2, 0) is 10.0 Å². The van der Waals surface area contributed by atoms with E-state index < -0.39 is 10.0 Å². The van der Waals surface area contributed by atoms with Crippen molar-refractivity contribution in [2.45, 2.75) is 30.6 Å². The van der Waals surface area contributed by atoms with Crippen LogP contribution in [0.5, 0.6) is 5.75 Å². The number of piperidine rings is 1. The molecule has 2 aromatic carbocycles. The summed E-state index contributed by atoms with van der Waals surface area (Å²) in [6.07, 6.45) is 1.42. The Morgan fingerprint density at radius 1 is 1.17 bits per heavy atom. The molecule has 3 aromatic rings. The molecule has 1 unspecified atom stereocenters. The first-order valence-electron chi connectivity index (χ1n) is 9.80. The predicted molar refractivity (Wildman–Crippen MR) is 108 cm³/mol. The zero-order valence-corrected chi connectivity index (χ0v) is 17.3. The molecule has 1 aromatic heterocycles. The largest absolute Gasteiger partial charge is 0.492 e. The second kappa shape index (κ2) is 8.53. The smallest absolute Gasteiger partial charge is 0.247 e. The zero-order chi connectivity index (χ0) is 21.1. The lowest BCUT2D eigenvalue weighted by Crippen LogP contribution is -2.39. The minimum absolute atomic E-state index is 0.157. The number of aromatic nitrogens is 2. The van der Waals surface area contributed by atoms with Gasteiger partial charge in [-0.1, -0.05) is 12.1 Å². The number of hydrogen-bond acceptors (Lipinski definition) is 6. The van der Waals surface area contributed by atoms with E-state index in [1.54, 1.807) is 36.4 Å². The normalized spacial score (nSPS) is 17.7. The van der Waals surface area contributed by atoms with Gasteiger partial charge in [0.15, 0.2) is 0 Å². The predicted octanol–water partition coefficient (Wildman–Crippen LogP) is 3.84. The highest BCUT2D eigenvalue weighted by Gasteiger charge is 2.34. The van der Waals surface area contributed by atoms with Gasteiger partial charge in [0.2, 0.25) is 21.8 Å². The van der Waals surface area contributed by atoms with Gasteiger partial charge < -0.3 is 9.15 Å². The van der Waals surface area contributed by atoms with E-state index in [0.29, 0.717) is 36.8 Å². The molecule has 0 aliphatic carbocycles. The number of benzene rings is 2. The summed E-state index contributed by atoms with van der Waals surface area (Å²) in [6, 6.07) is 12.4. The van der Waals surface area contributed by atoms with Crippen LogP contribution >= 0.6 is 0 Å². The molecule has 2 heterocycles. The monoisotopic (exact) mass is 431 g/mol. The SMILES string of the molecule is CCOc1ccccc1S(=O)(=O)N1CCCC(c2nnc(-c3ccc(F)cc3)o2)C1. The van der Waals surface area contributed by atoms with Gasteiger partial charge in [0.1, 0.15) is 16.5 Å². The molecule has 0 N–H and O–H groups in total. The summed E-state index contributed by atoms with van der Waals surface area (Å²) in [5.74, 6) is 0.450. The average Bonchev–Trinajstić information content (AvgIpc) is 3.25. The Balaban J connectivity index is 1.56. The fraction of sp³-hybridized carbons (Fsp3) is 0.333. The van der Waals surface area contributed by atoms with Crippen LogP contribution in [-0.4, -0.2) is 42.6 Å². The summed E-state index contributed by atoms with van der Waals surface area (Å²) in [5, 5.41) is 8.17. The Morgan fingerprint density at radius 2 is 1.93 bits per heavy atom. The van der Waals surface area contributed by atoms with Gasteiger partial charge in [0.05, 0.1) is 12.5 Å². The summed E-state index contributed by atoms with van der Waals surface area (Å²) in [6.45, 7) is 2.85. The van der Waals surface area contributed by atoms with Gasteiger partial charge in [0.25, 0.3) is 0 Å². The molecule has 9 heteroatoms. The van der Waals surface area contributed by atoms with Crippen molar-refractivity contribution in [3.8, 4) is 17.2 Å². The van der Waals surface area contributed by atoms with Crippen LogP contribution in [0.3, 0.4) is 0 Å². The molecule has 158 valence electrons. The number of ether oxygens (including phenoxy) is 1. The zero-order valence-electron chi connectivity index (χ0n) is 16.5. The third kappa shape index (κ3) is 4.08. The number of halogens is 1. The Hall–Kier alpha value is -2.78. The molecule has 1 aliphatic rings. The molecule has 1 aliphatic heterocycles. The lowest BCUT2D eigenvalue weighted by Gasteiger charge is -2.30. The summed E-state index contributed by atoms with van der Waals surface area (Å²) in [7, 11) is -3.73. The van der Waals surface area contributed by atoms with Crippen LogP contribution in [0.2, 0.25) is 0 Å². The van der Waals surface area contributed by atoms with Gasteiger partial charge >= 0.3 is 0 Å². The number of nitrogens with zero attached hydrogens (tertiary/aromatic N) is 3. The number of para-hydroxylation sites is 1. The van der Waals surface area contributed by atoms with Crippen molar-refractivity contribution in [2.75, 3.05) is 19.7 Å². The van der Waals surface area contributed by atoms with Gasteiger partial charge in [-0.3, -0.25) is 0 Å². The van der Waals surface area contributed by atoms with Crippen LogP contribution in [0.1, 0.15) is 31.6 Å². The van der Waals surface area contributed by atoms with E-state index in [1.807, 2.05) is 6.92 Å². The summed E-state index contributed by atoms with van der Waals surface area (Å²) in [4.78, 5) is 0.157. The van der Waals surface area contributed by atoms with E-state index in [1.165, 1.54) is 16.4 Å². The van der Waals surface area contributed by atoms with Crippen molar-refractivity contribution < 1.29 is 22.0 Å². The molecule has 0 saturated carbocycles. The molecule has 7 nitrogen and oxygen atoms in total. The molecule has 0 amide bonds. The van der Waals surface area contributed by atoms with Gasteiger partial charge in [-0.2, -0.15) is 4.31 Å². The topological polar surface area (TPSA) is 85.5 Å². The van der Waals surface area contributed by atoms with E-state index in [-0.39, 0.29) is 29.1 Å². The van der Waals surface area contributed by atoms with Gasteiger partial charge in [-0.25, -0.2) is 12.8 Å². The second-order valence-corrected chi connectivity index (χ2v) is 8.94. The minimum Gasteiger partial charge on any atom is -0.492 e. The maximum atomic E-state index is 13.3. The standard InChI is InChI=1S/C21H22FN3O4S/c1-2-28-18-7-3-4-8-19(18)30(26,27)25-13-5-6-16(14-25)21-24-23-20(29-21)15-9-11-17(22)12-10-15/h3-4,7-12,16H,2,5-6,13-14H2,1H3. The third-order valence-corrected chi connectivity index (χ3v) is 6.94. The van der Waals surface area contributed by atoms with Gasteiger partial charge in [-0.05, 0) is 56.2 Å². The summed E-state index contributed by atoms with van der Waals surface area (Å²) < 4.78 is 52.4. The molecule has 30 heavy (non-hydrogen) atoms. The van der Waals surface area contributed by atoms with Crippen LogP contribution in [0, 0.1) is 5.82 Å². The molecule has 1 saturated heterocycles. The highest BCUT2D eigenvalue weighted by Crippen LogP contribution is 2.33. The Bertz CT molecular complexity index is 1120. The Kier molecular flexibility index (Phi) is 5.83. The molecule has 1 atom stereocenters. The molecular weight excluding hydrogens is 409 g/mol. The lowest BCUT2D eigenvalue weighted by molar-refractivity contribution is 0.283. The fourth-order valence-corrected chi connectivity index (χ4v) is 5.20. The average molecular weight is 431 g/mol. The summed E-state index contributed by atoms with van der Waals surface area (Å²) in [5.41, 5.74) is 0.612. The van der Waals surface area contributed by atoms with Crippen molar-refractivity contribution in [1.82, 2.24) is 14.5 Å². The van der Waals surface area contributed by atoms with Crippen LogP contribution in [0.15, 0.2) is 57.8 Å². The van der Waals surface area contributed by atoms with E-state index in [0.717, 1.165) is 6.42 Å². The molecular formula is C21H22FN3O4S. The maximum Gasteiger partial charge on any atom is 0.247 e. The third-order valence-electron chi connectivity index (χ3n) is 5.03. The van der Waals surface area contributed by atoms with E-state index in [9.17, 15) is 12.8 Å². The second-order valence-electron chi connectivity index (χ2n) is 7.03. The van der Waals surface area contributed by atoms with Gasteiger partial charge in [-0.15, -0.1) is 10.2 Å². The first-order chi connectivity index (χ1) is 14.5. The van der Waals surface area contributed by atoms with Crippen molar-refractivity contribution in [2.24, 2.45) is 0 Å². The lowest BCUT2D eigenvalue weighted by atomic mass is 10.00.